The molecular weight excluding hydrogens is 1010 g/mol. The van der Waals surface area contributed by atoms with E-state index in [-0.39, 0.29) is 26.9 Å². The summed E-state index contributed by atoms with van der Waals surface area (Å²) in [5.74, 6) is 5.16. The van der Waals surface area contributed by atoms with Crippen LogP contribution in [0.15, 0.2) is 243 Å². The second kappa shape index (κ2) is 15.3. The molecule has 0 bridgehead atoms. The van der Waals surface area contributed by atoms with Gasteiger partial charge in [0.25, 0.3) is 26.9 Å². The Morgan fingerprint density at radius 1 is 0.241 bits per heavy atom. The molecule has 8 aliphatic heterocycles. The van der Waals surface area contributed by atoms with Crippen LogP contribution in [0.5, 0.6) is 34.5 Å². The van der Waals surface area contributed by atoms with Gasteiger partial charge in [0.15, 0.2) is 0 Å². The molecule has 9 heterocycles. The third-order valence-corrected chi connectivity index (χ3v) is 19.5. The van der Waals surface area contributed by atoms with Crippen molar-refractivity contribution >= 4 is 165 Å². The predicted octanol–water partition coefficient (Wildman–Crippen LogP) is 9.14. The van der Waals surface area contributed by atoms with Gasteiger partial charge >= 0.3 is 0 Å². The van der Waals surface area contributed by atoms with Crippen molar-refractivity contribution < 1.29 is 14.2 Å². The Balaban J connectivity index is 0.826. The van der Waals surface area contributed by atoms with Crippen molar-refractivity contribution in [2.24, 2.45) is 0 Å². The molecule has 7 nitrogen and oxygen atoms in total. The molecule has 0 atom stereocenters. The van der Waals surface area contributed by atoms with E-state index in [1.165, 1.54) is 104 Å². The van der Waals surface area contributed by atoms with Gasteiger partial charge in [-0.3, -0.25) is 0 Å². The Hall–Kier alpha value is -10.5. The number of nitrogens with zero attached hydrogens (tertiary/aromatic N) is 4. The average molecular weight is 1050 g/mol. The molecule has 12 aromatic carbocycles. The summed E-state index contributed by atoms with van der Waals surface area (Å²) in [4.78, 5) is 7.34. The van der Waals surface area contributed by atoms with E-state index in [2.05, 4.69) is 262 Å². The van der Waals surface area contributed by atoms with Crippen molar-refractivity contribution in [3.8, 4) is 40.2 Å². The fourth-order valence-electron chi connectivity index (χ4n) is 16.5. The highest BCUT2D eigenvalue weighted by Gasteiger charge is 2.52. The Kier molecular flexibility index (Phi) is 7.97. The number of rotatable bonds is 3. The second-order valence-electron chi connectivity index (χ2n) is 23.3. The maximum atomic E-state index is 7.61. The van der Waals surface area contributed by atoms with Crippen LogP contribution in [-0.2, 0) is 0 Å². The molecule has 0 aliphatic carbocycles. The first-order valence-electron chi connectivity index (χ1n) is 28.9. The fourth-order valence-corrected chi connectivity index (χ4v) is 16.5. The lowest BCUT2D eigenvalue weighted by atomic mass is 9.28. The highest BCUT2D eigenvalue weighted by Crippen LogP contribution is 2.49. The van der Waals surface area contributed by atoms with E-state index >= 15 is 0 Å². The zero-order valence-corrected chi connectivity index (χ0v) is 44.4. The third-order valence-electron chi connectivity index (χ3n) is 19.5. The summed E-state index contributed by atoms with van der Waals surface area (Å²) in [6.07, 6.45) is 0. The smallest absolute Gasteiger partial charge is 0.256 e. The van der Waals surface area contributed by atoms with Crippen LogP contribution in [0.2, 0.25) is 0 Å². The van der Waals surface area contributed by atoms with E-state index in [0.29, 0.717) is 0 Å². The SMILES string of the molecule is c1ccc(N2c3cc4c(cc3B3c5ccccc5Oc5cccc2c53)B2c3c(cc5c6c3-n3c7c2cccc7c2cccc(c23)B6c2cc3c(cc2O5)N(c2ccccc2)c2cccc5c2B3c2ccccc2N5c2ccccc2)O4)cc1. The summed E-state index contributed by atoms with van der Waals surface area (Å²) in [6, 6.07) is 89.4. The van der Waals surface area contributed by atoms with Gasteiger partial charge in [-0.2, -0.15) is 0 Å². The van der Waals surface area contributed by atoms with Gasteiger partial charge in [0.2, 0.25) is 0 Å². The average Bonchev–Trinajstić information content (AvgIpc) is 1.78. The highest BCUT2D eigenvalue weighted by molar-refractivity contribution is 7.05. The van der Waals surface area contributed by atoms with Gasteiger partial charge in [0.1, 0.15) is 34.5 Å². The lowest BCUT2D eigenvalue weighted by Gasteiger charge is -2.45. The Labute approximate surface area is 479 Å². The molecular formula is C72H40B4N4O3. The van der Waals surface area contributed by atoms with Gasteiger partial charge in [-0.05, 0) is 138 Å². The second-order valence-corrected chi connectivity index (χ2v) is 23.3. The molecule has 11 heteroatoms. The first kappa shape index (κ1) is 43.3. The number of hydrogen-bond donors (Lipinski definition) is 0. The van der Waals surface area contributed by atoms with E-state index in [4.69, 9.17) is 14.2 Å². The quantitative estimate of drug-likeness (QED) is 0.165. The zero-order chi connectivity index (χ0) is 53.5. The normalized spacial score (nSPS) is 14.6. The van der Waals surface area contributed by atoms with E-state index in [1.54, 1.807) is 0 Å². The van der Waals surface area contributed by atoms with Gasteiger partial charge in [0.05, 0.1) is 0 Å². The molecule has 0 fully saturated rings. The molecule has 0 amide bonds. The summed E-state index contributed by atoms with van der Waals surface area (Å²) in [6.45, 7) is -0.397. The van der Waals surface area contributed by atoms with Gasteiger partial charge in [0, 0.05) is 96.9 Å². The molecule has 0 saturated heterocycles. The molecule has 8 aliphatic rings. The first-order valence-corrected chi connectivity index (χ1v) is 28.9. The monoisotopic (exact) mass is 1050 g/mol. The molecule has 83 heavy (non-hydrogen) atoms. The highest BCUT2D eigenvalue weighted by atomic mass is 16.5. The van der Waals surface area contributed by atoms with Crippen molar-refractivity contribution in [2.75, 3.05) is 14.7 Å². The van der Waals surface area contributed by atoms with Gasteiger partial charge in [-0.25, -0.2) is 0 Å². The van der Waals surface area contributed by atoms with Crippen molar-refractivity contribution in [3.63, 3.8) is 0 Å². The first-order chi connectivity index (χ1) is 41.2. The number of aromatic nitrogens is 1. The fraction of sp³-hybridized carbons (Fsp3) is 0. The molecule has 0 radical (unpaired) electrons. The Morgan fingerprint density at radius 3 is 1.23 bits per heavy atom. The van der Waals surface area contributed by atoms with E-state index < -0.39 is 0 Å². The van der Waals surface area contributed by atoms with Crippen LogP contribution < -0.4 is 94.5 Å². The summed E-state index contributed by atoms with van der Waals surface area (Å²) in [5, 5.41) is 2.52. The molecule has 21 rings (SSSR count). The number of fused-ring (bicyclic) bond motifs is 15. The lowest BCUT2D eigenvalue weighted by Crippen LogP contribution is -2.67. The minimum Gasteiger partial charge on any atom is -0.458 e. The van der Waals surface area contributed by atoms with E-state index in [1.807, 2.05) is 0 Å². The minimum absolute atomic E-state index is 0.0574. The molecule has 13 aromatic rings. The summed E-state index contributed by atoms with van der Waals surface area (Å²) in [7, 11) is 0. The van der Waals surface area contributed by atoms with Crippen molar-refractivity contribution in [2.45, 2.75) is 0 Å². The van der Waals surface area contributed by atoms with Crippen molar-refractivity contribution in [1.82, 2.24) is 4.57 Å². The molecule has 0 saturated carbocycles. The standard InChI is InChI=1S/C72H40B4N4O3/c1-4-18-41(19-5-1)77-54-30-12-10-26-46(54)73-50-36-52-62(38-58(50)78(42-20-6-2-7-21-42)56-32-16-31-55(77)66(56)73)82-64-40-65-69-72-68(64)75(52)48-28-14-24-44-45-25-15-29-49(71(45)80(72)70(44)48)76(69)53-37-51-59(39-63(53)83-65)79(43-22-8-3-9-23-43)57-33-17-35-61-67(57)74(51)47-27-11-13-34-60(47)81-61/h1-40H. The predicted molar refractivity (Wildman–Crippen MR) is 343 cm³/mol. The summed E-state index contributed by atoms with van der Waals surface area (Å²) >= 11 is 0. The third kappa shape index (κ3) is 5.29. The lowest BCUT2D eigenvalue weighted by molar-refractivity contribution is 0.465. The molecule has 0 N–H and O–H groups in total. The Morgan fingerprint density at radius 2 is 0.651 bits per heavy atom. The molecule has 0 unspecified atom stereocenters. The topological polar surface area (TPSA) is 42.3 Å². The van der Waals surface area contributed by atoms with Gasteiger partial charge in [-0.1, -0.05) is 152 Å². The molecule has 378 valence electrons. The van der Waals surface area contributed by atoms with E-state index in [9.17, 15) is 0 Å². The summed E-state index contributed by atoms with van der Waals surface area (Å²) in [5.41, 5.74) is 28.6. The van der Waals surface area contributed by atoms with Crippen LogP contribution in [0.1, 0.15) is 0 Å². The number of hydrogen-bond acceptors (Lipinski definition) is 6. The van der Waals surface area contributed by atoms with Crippen LogP contribution in [0.4, 0.5) is 51.2 Å². The van der Waals surface area contributed by atoms with Crippen molar-refractivity contribution in [1.29, 1.82) is 0 Å². The number of ether oxygens (including phenoxy) is 3. The van der Waals surface area contributed by atoms with Crippen LogP contribution >= 0.6 is 0 Å². The maximum Gasteiger partial charge on any atom is 0.256 e. The minimum atomic E-state index is -0.137. The van der Waals surface area contributed by atoms with E-state index in [0.717, 1.165) is 74.3 Å². The van der Waals surface area contributed by atoms with Crippen molar-refractivity contribution in [3.05, 3.63) is 243 Å². The van der Waals surface area contributed by atoms with Crippen LogP contribution in [0.3, 0.4) is 0 Å². The maximum absolute atomic E-state index is 7.61. The van der Waals surface area contributed by atoms with Crippen LogP contribution in [0, 0.1) is 0 Å². The van der Waals surface area contributed by atoms with Crippen LogP contribution in [-0.4, -0.2) is 31.4 Å². The van der Waals surface area contributed by atoms with Gasteiger partial charge < -0.3 is 33.5 Å². The number of anilines is 9. The number of benzene rings is 12. The zero-order valence-electron chi connectivity index (χ0n) is 44.4. The Bertz CT molecular complexity index is 5150. The largest absolute Gasteiger partial charge is 0.458 e. The van der Waals surface area contributed by atoms with Crippen LogP contribution in [0.25, 0.3) is 27.5 Å². The number of para-hydroxylation sites is 7. The van der Waals surface area contributed by atoms with Gasteiger partial charge in [-0.15, -0.1) is 0 Å². The molecule has 0 spiro atoms. The molecule has 1 aromatic heterocycles. The summed E-state index contributed by atoms with van der Waals surface area (Å²) < 4.78 is 24.6.